The Kier molecular flexibility index (Phi) is 9.49. The number of ether oxygens (including phenoxy) is 1. The second-order valence-electron chi connectivity index (χ2n) is 3.80. The van der Waals surface area contributed by atoms with Crippen molar-refractivity contribution in [1.82, 2.24) is 5.32 Å². The van der Waals surface area contributed by atoms with Crippen LogP contribution in [0.25, 0.3) is 0 Å². The summed E-state index contributed by atoms with van der Waals surface area (Å²) in [5.41, 5.74) is 0.909. The number of benzene rings is 1. The van der Waals surface area contributed by atoms with Gasteiger partial charge in [-0.3, -0.25) is 0 Å². The molecule has 1 atom stereocenters. The summed E-state index contributed by atoms with van der Waals surface area (Å²) in [5.74, 6) is 0.810. The molecular weight excluding hydrogens is 214 g/mol. The Morgan fingerprint density at radius 1 is 1.18 bits per heavy atom. The lowest BCUT2D eigenvalue weighted by Crippen LogP contribution is -2.20. The largest absolute Gasteiger partial charge is 0.497 e. The summed E-state index contributed by atoms with van der Waals surface area (Å²) in [7, 11) is 1.63. The van der Waals surface area contributed by atoms with Crippen LogP contribution in [0.1, 0.15) is 38.9 Å². The Morgan fingerprint density at radius 3 is 2.12 bits per heavy atom. The first-order valence-corrected chi connectivity index (χ1v) is 6.22. The highest BCUT2D eigenvalue weighted by Gasteiger charge is 2.05. The van der Waals surface area contributed by atoms with Gasteiger partial charge in [0.05, 0.1) is 13.2 Å². The highest BCUT2D eigenvalue weighted by atomic mass is 16.5. The summed E-state index contributed by atoms with van der Waals surface area (Å²) in [5, 5.41) is 12.8. The molecule has 0 aliphatic carbocycles. The van der Waals surface area contributed by atoms with Crippen LogP contribution in [0.4, 0.5) is 0 Å². The van der Waals surface area contributed by atoms with Crippen molar-refractivity contribution >= 4 is 0 Å². The van der Waals surface area contributed by atoms with E-state index in [-0.39, 0.29) is 0 Å². The third-order valence-corrected chi connectivity index (χ3v) is 2.09. The molecule has 3 heteroatoms. The van der Waals surface area contributed by atoms with Crippen LogP contribution in [0.5, 0.6) is 5.75 Å². The average Bonchev–Trinajstić information content (AvgIpc) is 2.37. The van der Waals surface area contributed by atoms with Gasteiger partial charge in [-0.1, -0.05) is 39.3 Å². The van der Waals surface area contributed by atoms with Crippen molar-refractivity contribution in [3.63, 3.8) is 0 Å². The molecule has 0 bridgehead atoms. The highest BCUT2D eigenvalue weighted by molar-refractivity contribution is 5.28. The lowest BCUT2D eigenvalue weighted by Gasteiger charge is -2.11. The van der Waals surface area contributed by atoms with Crippen molar-refractivity contribution in [3.8, 4) is 5.75 Å². The number of hydrogen-bond acceptors (Lipinski definition) is 3. The molecule has 98 valence electrons. The quantitative estimate of drug-likeness (QED) is 0.830. The molecule has 0 radical (unpaired) electrons. The first-order valence-electron chi connectivity index (χ1n) is 6.22. The second kappa shape index (κ2) is 10.1. The van der Waals surface area contributed by atoms with Gasteiger partial charge in [0, 0.05) is 6.54 Å². The van der Waals surface area contributed by atoms with Crippen molar-refractivity contribution in [2.24, 2.45) is 0 Å². The number of hydrogen-bond donors (Lipinski definition) is 2. The van der Waals surface area contributed by atoms with Gasteiger partial charge < -0.3 is 15.2 Å². The van der Waals surface area contributed by atoms with E-state index in [1.165, 1.54) is 6.42 Å². The lowest BCUT2D eigenvalue weighted by atomic mass is 10.1. The highest BCUT2D eigenvalue weighted by Crippen LogP contribution is 2.16. The van der Waals surface area contributed by atoms with Gasteiger partial charge in [-0.05, 0) is 24.2 Å². The van der Waals surface area contributed by atoms with E-state index in [1.807, 2.05) is 31.2 Å². The van der Waals surface area contributed by atoms with Crippen LogP contribution in [0.3, 0.4) is 0 Å². The first-order chi connectivity index (χ1) is 8.19. The molecule has 0 amide bonds. The zero-order valence-corrected chi connectivity index (χ0v) is 11.4. The summed E-state index contributed by atoms with van der Waals surface area (Å²) in [6, 6.07) is 7.46. The van der Waals surface area contributed by atoms with E-state index in [4.69, 9.17) is 4.74 Å². The topological polar surface area (TPSA) is 41.5 Å². The molecule has 1 aromatic rings. The molecule has 0 heterocycles. The third-order valence-electron chi connectivity index (χ3n) is 2.09. The van der Waals surface area contributed by atoms with Gasteiger partial charge in [0.1, 0.15) is 5.75 Å². The van der Waals surface area contributed by atoms with E-state index in [0.29, 0.717) is 6.54 Å². The number of likely N-dealkylation sites (N-methyl/N-ethyl adjacent to an activating group) is 1. The molecule has 0 aromatic heterocycles. The normalized spacial score (nSPS) is 11.4. The fraction of sp³-hybridized carbons (Fsp3) is 0.571. The number of rotatable bonds is 5. The van der Waals surface area contributed by atoms with Gasteiger partial charge in [-0.2, -0.15) is 0 Å². The van der Waals surface area contributed by atoms with Crippen LogP contribution >= 0.6 is 0 Å². The molecule has 2 N–H and O–H groups in total. The predicted octanol–water partition coefficient (Wildman–Crippen LogP) is 2.75. The number of nitrogens with one attached hydrogen (secondary N) is 1. The molecular formula is C14H25NO2. The summed E-state index contributed by atoms with van der Waals surface area (Å²) >= 11 is 0. The van der Waals surface area contributed by atoms with Crippen LogP contribution in [0, 0.1) is 0 Å². The third kappa shape index (κ3) is 6.97. The summed E-state index contributed by atoms with van der Waals surface area (Å²) in [6.07, 6.45) is 0.806. The minimum atomic E-state index is -0.444. The van der Waals surface area contributed by atoms with Crippen LogP contribution in [-0.2, 0) is 0 Å². The minimum absolute atomic E-state index is 0.444. The number of aliphatic hydroxyl groups is 1. The van der Waals surface area contributed by atoms with Crippen molar-refractivity contribution < 1.29 is 9.84 Å². The fourth-order valence-corrected chi connectivity index (χ4v) is 1.22. The average molecular weight is 239 g/mol. The summed E-state index contributed by atoms with van der Waals surface area (Å²) < 4.78 is 5.03. The van der Waals surface area contributed by atoms with Crippen molar-refractivity contribution in [2.75, 3.05) is 20.2 Å². The lowest BCUT2D eigenvalue weighted by molar-refractivity contribution is 0.175. The monoisotopic (exact) mass is 239 g/mol. The fourth-order valence-electron chi connectivity index (χ4n) is 1.22. The number of methoxy groups -OCH3 is 1. The van der Waals surface area contributed by atoms with Crippen LogP contribution in [-0.4, -0.2) is 25.3 Å². The van der Waals surface area contributed by atoms with E-state index < -0.39 is 6.10 Å². The Bertz CT molecular complexity index is 272. The number of aliphatic hydroxyl groups excluding tert-OH is 1. The Labute approximate surface area is 105 Å². The zero-order chi connectivity index (χ0) is 13.1. The van der Waals surface area contributed by atoms with E-state index in [1.54, 1.807) is 7.11 Å². The molecule has 0 saturated carbocycles. The molecule has 1 unspecified atom stereocenters. The van der Waals surface area contributed by atoms with E-state index in [0.717, 1.165) is 17.9 Å². The SMILES string of the molecule is CCC.CCNCC(O)c1ccc(OC)cc1. The van der Waals surface area contributed by atoms with E-state index in [2.05, 4.69) is 19.2 Å². The zero-order valence-electron chi connectivity index (χ0n) is 11.4. The van der Waals surface area contributed by atoms with Gasteiger partial charge in [0.15, 0.2) is 0 Å². The molecule has 0 spiro atoms. The van der Waals surface area contributed by atoms with Gasteiger partial charge in [0.25, 0.3) is 0 Å². The van der Waals surface area contributed by atoms with Crippen LogP contribution in [0.15, 0.2) is 24.3 Å². The molecule has 17 heavy (non-hydrogen) atoms. The van der Waals surface area contributed by atoms with E-state index in [9.17, 15) is 5.11 Å². The van der Waals surface area contributed by atoms with Crippen molar-refractivity contribution in [3.05, 3.63) is 29.8 Å². The van der Waals surface area contributed by atoms with Crippen LogP contribution < -0.4 is 10.1 Å². The summed E-state index contributed by atoms with van der Waals surface area (Å²) in [4.78, 5) is 0. The Hall–Kier alpha value is -1.06. The smallest absolute Gasteiger partial charge is 0.118 e. The summed E-state index contributed by atoms with van der Waals surface area (Å²) in [6.45, 7) is 7.72. The van der Waals surface area contributed by atoms with Gasteiger partial charge >= 0.3 is 0 Å². The maximum atomic E-state index is 9.71. The second-order valence-corrected chi connectivity index (χ2v) is 3.80. The van der Waals surface area contributed by atoms with Crippen molar-refractivity contribution in [1.29, 1.82) is 0 Å². The maximum absolute atomic E-state index is 9.71. The molecule has 0 saturated heterocycles. The molecule has 0 fully saturated rings. The van der Waals surface area contributed by atoms with Gasteiger partial charge in [-0.25, -0.2) is 0 Å². The van der Waals surface area contributed by atoms with E-state index >= 15 is 0 Å². The molecule has 1 rings (SSSR count). The Balaban J connectivity index is 0.000000770. The molecule has 0 aliphatic heterocycles. The Morgan fingerprint density at radius 2 is 1.71 bits per heavy atom. The van der Waals surface area contributed by atoms with Crippen LogP contribution in [0.2, 0.25) is 0 Å². The molecule has 3 nitrogen and oxygen atoms in total. The maximum Gasteiger partial charge on any atom is 0.118 e. The molecule has 1 aromatic carbocycles. The predicted molar refractivity (Wildman–Crippen MR) is 72.5 cm³/mol. The minimum Gasteiger partial charge on any atom is -0.497 e. The van der Waals surface area contributed by atoms with Crippen molar-refractivity contribution in [2.45, 2.75) is 33.3 Å². The molecule has 0 aliphatic rings. The van der Waals surface area contributed by atoms with Gasteiger partial charge in [-0.15, -0.1) is 0 Å². The van der Waals surface area contributed by atoms with Gasteiger partial charge in [0.2, 0.25) is 0 Å². The standard InChI is InChI=1S/C11H17NO2.C3H8/c1-3-12-8-11(13)9-4-6-10(14-2)7-5-9;1-3-2/h4-7,11-13H,3,8H2,1-2H3;3H2,1-2H3. The first kappa shape index (κ1) is 15.9.